The van der Waals surface area contributed by atoms with Gasteiger partial charge in [-0.25, -0.2) is 0 Å². The van der Waals surface area contributed by atoms with Crippen molar-refractivity contribution in [2.45, 2.75) is 46.6 Å². The summed E-state index contributed by atoms with van der Waals surface area (Å²) in [5.41, 5.74) is 8.99. The minimum absolute atomic E-state index is 0.168. The number of hydrogen-bond acceptors (Lipinski definition) is 1. The van der Waals surface area contributed by atoms with Gasteiger partial charge >= 0.3 is 0 Å². The second kappa shape index (κ2) is 4.95. The zero-order valence-corrected chi connectivity index (χ0v) is 14.3. The molecule has 2 aliphatic rings. The highest BCUT2D eigenvalue weighted by atomic mass is 16.1. The molecule has 0 bridgehead atoms. The first-order valence-electron chi connectivity index (χ1n) is 8.52. The van der Waals surface area contributed by atoms with E-state index < -0.39 is 0 Å². The molecule has 2 heteroatoms. The predicted octanol–water partition coefficient (Wildman–Crippen LogP) is 4.53. The van der Waals surface area contributed by atoms with Gasteiger partial charge < -0.3 is 4.57 Å². The van der Waals surface area contributed by atoms with Crippen LogP contribution in [0, 0.1) is 19.8 Å². The number of allylic oxidation sites excluding steroid dienone is 2. The molecule has 1 atom stereocenters. The van der Waals surface area contributed by atoms with Gasteiger partial charge in [0.2, 0.25) is 0 Å². The van der Waals surface area contributed by atoms with Crippen molar-refractivity contribution in [3.05, 3.63) is 68.6 Å². The molecule has 4 rings (SSSR count). The van der Waals surface area contributed by atoms with Gasteiger partial charge in [-0.3, -0.25) is 4.79 Å². The van der Waals surface area contributed by atoms with E-state index in [-0.39, 0.29) is 5.43 Å². The third-order valence-electron chi connectivity index (χ3n) is 5.56. The van der Waals surface area contributed by atoms with Gasteiger partial charge in [-0.05, 0) is 48.5 Å². The van der Waals surface area contributed by atoms with E-state index in [1.54, 1.807) is 0 Å². The van der Waals surface area contributed by atoms with Gasteiger partial charge in [-0.15, -0.1) is 0 Å². The Balaban J connectivity index is 2.05. The van der Waals surface area contributed by atoms with E-state index >= 15 is 0 Å². The molecule has 0 fully saturated rings. The maximum absolute atomic E-state index is 12.4. The molecule has 23 heavy (non-hydrogen) atoms. The Labute approximate surface area is 137 Å². The third kappa shape index (κ3) is 1.97. The standard InChI is InChI=1S/C21H23NO/c1-12(2)19-11-17-16-8-6-5-7-15(16)10-18(17)21-14(4)20(23)9-13(3)22(19)21/h5-9,12,19H,10-11H2,1-4H3. The highest BCUT2D eigenvalue weighted by molar-refractivity contribution is 5.98. The summed E-state index contributed by atoms with van der Waals surface area (Å²) in [5.74, 6) is 0.538. The average Bonchev–Trinajstić information content (AvgIpc) is 2.89. The van der Waals surface area contributed by atoms with Gasteiger partial charge in [-0.2, -0.15) is 0 Å². The summed E-state index contributed by atoms with van der Waals surface area (Å²) in [6.45, 7) is 8.64. The van der Waals surface area contributed by atoms with Crippen molar-refractivity contribution in [2.24, 2.45) is 5.92 Å². The van der Waals surface area contributed by atoms with Gasteiger partial charge in [0.15, 0.2) is 5.43 Å². The fraction of sp³-hybridized carbons (Fsp3) is 0.381. The summed E-state index contributed by atoms with van der Waals surface area (Å²) in [5, 5.41) is 0. The van der Waals surface area contributed by atoms with Crippen molar-refractivity contribution in [2.75, 3.05) is 0 Å². The van der Waals surface area contributed by atoms with E-state index in [1.807, 2.05) is 13.0 Å². The van der Waals surface area contributed by atoms with Gasteiger partial charge in [0.05, 0.1) is 5.69 Å². The molecule has 1 aromatic heterocycles. The molecule has 0 amide bonds. The van der Waals surface area contributed by atoms with Gasteiger partial charge in [0, 0.05) is 29.8 Å². The Bertz CT molecular complexity index is 899. The first-order valence-corrected chi connectivity index (χ1v) is 8.52. The molecule has 1 aliphatic carbocycles. The van der Waals surface area contributed by atoms with Crippen LogP contribution in [-0.2, 0) is 6.42 Å². The van der Waals surface area contributed by atoms with Crippen LogP contribution >= 0.6 is 0 Å². The summed E-state index contributed by atoms with van der Waals surface area (Å²) < 4.78 is 2.44. The first kappa shape index (κ1) is 14.5. The Kier molecular flexibility index (Phi) is 3.12. The highest BCUT2D eigenvalue weighted by Gasteiger charge is 2.34. The van der Waals surface area contributed by atoms with Crippen LogP contribution in [0.15, 0.2) is 35.1 Å². The minimum Gasteiger partial charge on any atom is -0.341 e. The van der Waals surface area contributed by atoms with Crippen molar-refractivity contribution in [3.8, 4) is 0 Å². The van der Waals surface area contributed by atoms with Gasteiger partial charge in [-0.1, -0.05) is 38.1 Å². The fourth-order valence-corrected chi connectivity index (χ4v) is 4.36. The smallest absolute Gasteiger partial charge is 0.185 e. The van der Waals surface area contributed by atoms with E-state index in [2.05, 4.69) is 49.6 Å². The van der Waals surface area contributed by atoms with Crippen LogP contribution in [-0.4, -0.2) is 4.57 Å². The number of hydrogen-bond donors (Lipinski definition) is 0. The van der Waals surface area contributed by atoms with Gasteiger partial charge in [0.1, 0.15) is 0 Å². The van der Waals surface area contributed by atoms with E-state index in [1.165, 1.54) is 28.0 Å². The van der Waals surface area contributed by atoms with Crippen molar-refractivity contribution >= 4 is 11.1 Å². The molecule has 2 aromatic rings. The van der Waals surface area contributed by atoms with Crippen LogP contribution in [0.5, 0.6) is 0 Å². The molecule has 0 radical (unpaired) electrons. The topological polar surface area (TPSA) is 22.0 Å². The molecule has 0 N–H and O–H groups in total. The lowest BCUT2D eigenvalue weighted by molar-refractivity contribution is 0.368. The normalized spacial score (nSPS) is 18.9. The fourth-order valence-electron chi connectivity index (χ4n) is 4.36. The molecular formula is C21H23NO. The number of benzene rings is 1. The van der Waals surface area contributed by atoms with Crippen LogP contribution in [0.1, 0.15) is 54.4 Å². The SMILES string of the molecule is Cc1c2n(c(C)cc1=O)C(C(C)C)CC1=C2Cc2ccccc21. The predicted molar refractivity (Wildman–Crippen MR) is 95.6 cm³/mol. The molecule has 118 valence electrons. The van der Waals surface area contributed by atoms with E-state index in [0.717, 1.165) is 24.1 Å². The average molecular weight is 305 g/mol. The highest BCUT2D eigenvalue weighted by Crippen LogP contribution is 2.48. The lowest BCUT2D eigenvalue weighted by Crippen LogP contribution is -2.28. The van der Waals surface area contributed by atoms with E-state index in [0.29, 0.717) is 12.0 Å². The third-order valence-corrected chi connectivity index (χ3v) is 5.56. The molecule has 0 saturated carbocycles. The summed E-state index contributed by atoms with van der Waals surface area (Å²) >= 11 is 0. The van der Waals surface area contributed by atoms with Crippen LogP contribution in [0.3, 0.4) is 0 Å². The van der Waals surface area contributed by atoms with Crippen molar-refractivity contribution in [1.82, 2.24) is 4.57 Å². The summed E-state index contributed by atoms with van der Waals surface area (Å²) in [6.07, 6.45) is 2.03. The van der Waals surface area contributed by atoms with Crippen LogP contribution in [0.4, 0.5) is 0 Å². The van der Waals surface area contributed by atoms with E-state index in [9.17, 15) is 4.79 Å². The molecule has 2 heterocycles. The monoisotopic (exact) mass is 305 g/mol. The summed E-state index contributed by atoms with van der Waals surface area (Å²) in [6, 6.07) is 11.0. The summed E-state index contributed by atoms with van der Waals surface area (Å²) in [7, 11) is 0. The maximum Gasteiger partial charge on any atom is 0.185 e. The minimum atomic E-state index is 0.168. The largest absolute Gasteiger partial charge is 0.341 e. The number of aryl methyl sites for hydroxylation is 1. The number of aromatic nitrogens is 1. The van der Waals surface area contributed by atoms with E-state index in [4.69, 9.17) is 0 Å². The van der Waals surface area contributed by atoms with Crippen molar-refractivity contribution < 1.29 is 0 Å². The lowest BCUT2D eigenvalue weighted by Gasteiger charge is -2.35. The summed E-state index contributed by atoms with van der Waals surface area (Å²) in [4.78, 5) is 12.4. The Morgan fingerprint density at radius 1 is 1.13 bits per heavy atom. The Hall–Kier alpha value is -2.09. The molecule has 2 nitrogen and oxygen atoms in total. The lowest BCUT2D eigenvalue weighted by atomic mass is 9.86. The van der Waals surface area contributed by atoms with Gasteiger partial charge in [0.25, 0.3) is 0 Å². The maximum atomic E-state index is 12.4. The quantitative estimate of drug-likeness (QED) is 0.758. The number of fused-ring (bicyclic) bond motifs is 4. The number of pyridine rings is 1. The van der Waals surface area contributed by atoms with Crippen LogP contribution in [0.2, 0.25) is 0 Å². The number of rotatable bonds is 1. The molecule has 1 unspecified atom stereocenters. The Morgan fingerprint density at radius 3 is 2.61 bits per heavy atom. The Morgan fingerprint density at radius 2 is 1.87 bits per heavy atom. The molecule has 0 spiro atoms. The molecule has 1 aromatic carbocycles. The second-order valence-electron chi connectivity index (χ2n) is 7.30. The van der Waals surface area contributed by atoms with Crippen LogP contribution in [0.25, 0.3) is 11.1 Å². The second-order valence-corrected chi connectivity index (χ2v) is 7.30. The number of nitrogens with zero attached hydrogens (tertiary/aromatic N) is 1. The van der Waals surface area contributed by atoms with Crippen molar-refractivity contribution in [1.29, 1.82) is 0 Å². The first-order chi connectivity index (χ1) is 11.0. The molecular weight excluding hydrogens is 282 g/mol. The zero-order valence-electron chi connectivity index (χ0n) is 14.3. The molecule has 1 aliphatic heterocycles. The van der Waals surface area contributed by atoms with Crippen molar-refractivity contribution in [3.63, 3.8) is 0 Å². The zero-order chi connectivity index (χ0) is 16.3. The van der Waals surface area contributed by atoms with Crippen LogP contribution < -0.4 is 5.43 Å². The molecule has 0 saturated heterocycles.